The third-order valence-corrected chi connectivity index (χ3v) is 3.36. The van der Waals surface area contributed by atoms with Gasteiger partial charge in [0.1, 0.15) is 12.1 Å². The van der Waals surface area contributed by atoms with E-state index in [9.17, 15) is 9.59 Å². The molecule has 0 aliphatic carbocycles. The number of terminal acetylenes is 1. The van der Waals surface area contributed by atoms with Gasteiger partial charge in [-0.3, -0.25) is 9.59 Å². The van der Waals surface area contributed by atoms with E-state index < -0.39 is 17.6 Å². The summed E-state index contributed by atoms with van der Waals surface area (Å²) in [6.07, 6.45) is 5.49. The van der Waals surface area contributed by atoms with Gasteiger partial charge in [0.15, 0.2) is 0 Å². The number of carbonyl (C=O) groups excluding carboxylic acids is 2. The van der Waals surface area contributed by atoms with Gasteiger partial charge in [-0.1, -0.05) is 26.7 Å². The number of amides is 2. The number of carbonyl (C=O) groups is 2. The molecule has 0 saturated carbocycles. The molecular weight excluding hydrogens is 228 g/mol. The SMILES string of the molecule is C#CC(C)(C)N1C(=O)C(C(C)(C)C)NC(=O)C1C. The number of hydrogen-bond acceptors (Lipinski definition) is 2. The smallest absolute Gasteiger partial charge is 0.247 e. The van der Waals surface area contributed by atoms with E-state index in [4.69, 9.17) is 6.42 Å². The van der Waals surface area contributed by atoms with Gasteiger partial charge in [0.05, 0.1) is 5.54 Å². The minimum absolute atomic E-state index is 0.113. The fraction of sp³-hybridized carbons (Fsp3) is 0.714. The molecule has 1 saturated heterocycles. The lowest BCUT2D eigenvalue weighted by Crippen LogP contribution is -2.69. The third-order valence-electron chi connectivity index (χ3n) is 3.36. The monoisotopic (exact) mass is 250 g/mol. The highest BCUT2D eigenvalue weighted by Gasteiger charge is 2.47. The van der Waals surface area contributed by atoms with Crippen molar-refractivity contribution in [2.24, 2.45) is 5.41 Å². The van der Waals surface area contributed by atoms with Crippen LogP contribution in [0.2, 0.25) is 0 Å². The van der Waals surface area contributed by atoms with E-state index in [1.807, 2.05) is 20.8 Å². The van der Waals surface area contributed by atoms with Crippen molar-refractivity contribution in [2.75, 3.05) is 0 Å². The summed E-state index contributed by atoms with van der Waals surface area (Å²) in [4.78, 5) is 26.1. The molecule has 1 aliphatic rings. The molecule has 2 atom stereocenters. The Morgan fingerprint density at radius 3 is 2.11 bits per heavy atom. The number of nitrogens with zero attached hydrogens (tertiary/aromatic N) is 1. The van der Waals surface area contributed by atoms with E-state index in [-0.39, 0.29) is 17.2 Å². The van der Waals surface area contributed by atoms with Gasteiger partial charge in [0, 0.05) is 0 Å². The maximum atomic E-state index is 12.5. The molecule has 2 amide bonds. The van der Waals surface area contributed by atoms with Crippen molar-refractivity contribution >= 4 is 11.8 Å². The van der Waals surface area contributed by atoms with E-state index in [1.165, 1.54) is 4.90 Å². The van der Waals surface area contributed by atoms with Gasteiger partial charge in [-0.05, 0) is 26.2 Å². The van der Waals surface area contributed by atoms with Gasteiger partial charge >= 0.3 is 0 Å². The zero-order chi connectivity index (χ0) is 14.3. The summed E-state index contributed by atoms with van der Waals surface area (Å²) in [7, 11) is 0. The number of nitrogens with one attached hydrogen (secondary N) is 1. The molecule has 1 fully saturated rings. The van der Waals surface area contributed by atoms with Crippen LogP contribution >= 0.6 is 0 Å². The molecule has 1 heterocycles. The molecule has 0 spiro atoms. The van der Waals surface area contributed by atoms with Gasteiger partial charge in [-0.2, -0.15) is 0 Å². The van der Waals surface area contributed by atoms with Crippen LogP contribution in [0, 0.1) is 17.8 Å². The van der Waals surface area contributed by atoms with Gasteiger partial charge in [0.2, 0.25) is 11.8 Å². The normalized spacial score (nSPS) is 25.7. The molecule has 4 nitrogen and oxygen atoms in total. The highest BCUT2D eigenvalue weighted by molar-refractivity contribution is 5.97. The molecule has 1 N–H and O–H groups in total. The summed E-state index contributed by atoms with van der Waals surface area (Å²) in [6.45, 7) is 11.0. The first-order valence-electron chi connectivity index (χ1n) is 6.13. The van der Waals surface area contributed by atoms with Crippen LogP contribution in [-0.2, 0) is 9.59 Å². The number of rotatable bonds is 1. The zero-order valence-electron chi connectivity index (χ0n) is 12.0. The van der Waals surface area contributed by atoms with Crippen molar-refractivity contribution in [1.29, 1.82) is 0 Å². The van der Waals surface area contributed by atoms with Crippen molar-refractivity contribution in [3.05, 3.63) is 0 Å². The Bertz CT molecular complexity index is 412. The Morgan fingerprint density at radius 1 is 1.22 bits per heavy atom. The molecule has 0 bridgehead atoms. The summed E-state index contributed by atoms with van der Waals surface area (Å²) in [6, 6.07) is -1.07. The molecule has 0 radical (unpaired) electrons. The summed E-state index contributed by atoms with van der Waals surface area (Å²) in [5.41, 5.74) is -1.10. The predicted octanol–water partition coefficient (Wildman–Crippen LogP) is 1.16. The Balaban J connectivity index is 3.21. The van der Waals surface area contributed by atoms with Crippen molar-refractivity contribution < 1.29 is 9.59 Å². The van der Waals surface area contributed by atoms with E-state index in [2.05, 4.69) is 11.2 Å². The standard InChI is InChI=1S/C14H22N2O2/c1-8-14(6,7)16-9(2)11(17)15-10(12(16)18)13(3,4)5/h1,9-10H,2-7H3,(H,15,17). The fourth-order valence-corrected chi connectivity index (χ4v) is 2.19. The Labute approximate surface area is 109 Å². The topological polar surface area (TPSA) is 49.4 Å². The second-order valence-electron chi connectivity index (χ2n) is 6.40. The second kappa shape index (κ2) is 4.31. The average molecular weight is 250 g/mol. The van der Waals surface area contributed by atoms with Crippen LogP contribution in [0.25, 0.3) is 0 Å². The molecule has 0 aromatic heterocycles. The van der Waals surface area contributed by atoms with E-state index in [0.29, 0.717) is 0 Å². The predicted molar refractivity (Wildman–Crippen MR) is 70.6 cm³/mol. The lowest BCUT2D eigenvalue weighted by Gasteiger charge is -2.47. The van der Waals surface area contributed by atoms with E-state index in [0.717, 1.165) is 0 Å². The van der Waals surface area contributed by atoms with Crippen LogP contribution in [0.1, 0.15) is 41.5 Å². The molecule has 1 aliphatic heterocycles. The summed E-state index contributed by atoms with van der Waals surface area (Å²) in [5, 5.41) is 2.78. The summed E-state index contributed by atoms with van der Waals surface area (Å²) in [5.74, 6) is 2.32. The number of piperazine rings is 1. The highest BCUT2D eigenvalue weighted by Crippen LogP contribution is 2.29. The minimum Gasteiger partial charge on any atom is -0.342 e. The molecule has 18 heavy (non-hydrogen) atoms. The lowest BCUT2D eigenvalue weighted by molar-refractivity contribution is -0.156. The largest absolute Gasteiger partial charge is 0.342 e. The molecule has 0 aromatic rings. The maximum Gasteiger partial charge on any atom is 0.247 e. The lowest BCUT2D eigenvalue weighted by atomic mass is 9.82. The van der Waals surface area contributed by atoms with Crippen LogP contribution in [0.5, 0.6) is 0 Å². The Kier molecular flexibility index (Phi) is 3.49. The van der Waals surface area contributed by atoms with E-state index in [1.54, 1.807) is 20.8 Å². The first-order valence-corrected chi connectivity index (χ1v) is 6.13. The Hall–Kier alpha value is -1.50. The third kappa shape index (κ3) is 2.35. The summed E-state index contributed by atoms with van der Waals surface area (Å²) >= 11 is 0. The molecule has 4 heteroatoms. The molecule has 1 rings (SSSR count). The van der Waals surface area contributed by atoms with Gasteiger partial charge in [-0.15, -0.1) is 6.42 Å². The minimum atomic E-state index is -0.766. The van der Waals surface area contributed by atoms with Crippen molar-refractivity contribution in [3.63, 3.8) is 0 Å². The zero-order valence-corrected chi connectivity index (χ0v) is 12.0. The average Bonchev–Trinajstić information content (AvgIpc) is 2.21. The van der Waals surface area contributed by atoms with Crippen molar-refractivity contribution in [2.45, 2.75) is 59.2 Å². The molecule has 0 aromatic carbocycles. The van der Waals surface area contributed by atoms with Crippen LogP contribution in [0.3, 0.4) is 0 Å². The highest BCUT2D eigenvalue weighted by atomic mass is 16.2. The van der Waals surface area contributed by atoms with Crippen LogP contribution in [0.4, 0.5) is 0 Å². The van der Waals surface area contributed by atoms with Crippen molar-refractivity contribution in [1.82, 2.24) is 10.2 Å². The fourth-order valence-electron chi connectivity index (χ4n) is 2.19. The van der Waals surface area contributed by atoms with E-state index >= 15 is 0 Å². The maximum absolute atomic E-state index is 12.5. The molecule has 2 unspecified atom stereocenters. The summed E-state index contributed by atoms with van der Waals surface area (Å²) < 4.78 is 0. The van der Waals surface area contributed by atoms with Gasteiger partial charge in [0.25, 0.3) is 0 Å². The van der Waals surface area contributed by atoms with Crippen LogP contribution in [-0.4, -0.2) is 34.3 Å². The number of hydrogen-bond donors (Lipinski definition) is 1. The van der Waals surface area contributed by atoms with Crippen molar-refractivity contribution in [3.8, 4) is 12.3 Å². The Morgan fingerprint density at radius 2 is 1.72 bits per heavy atom. The van der Waals surface area contributed by atoms with Gasteiger partial charge < -0.3 is 10.2 Å². The molecule has 100 valence electrons. The van der Waals surface area contributed by atoms with Crippen LogP contribution in [0.15, 0.2) is 0 Å². The quantitative estimate of drug-likeness (QED) is 0.710. The van der Waals surface area contributed by atoms with Crippen LogP contribution < -0.4 is 5.32 Å². The first kappa shape index (κ1) is 14.6. The van der Waals surface area contributed by atoms with Gasteiger partial charge in [-0.25, -0.2) is 0 Å². The second-order valence-corrected chi connectivity index (χ2v) is 6.40. The molecular formula is C14H22N2O2. The first-order chi connectivity index (χ1) is 8.02.